The Bertz CT molecular complexity index is 1620. The fourth-order valence-corrected chi connectivity index (χ4v) is 5.91. The largest absolute Gasteiger partial charge is 0.478 e. The standard InChI is InChI=1S/C35H43N5O7/c1-35(2,3)40-15-7-10-28(40)33(45)37-20-29(41)26(16-21-8-5-4-6-9-21)38-32(44)27(19-30(36)42)39-31(43)24-13-11-23-18-25(34(46)47)14-12-22(23)17-24/h4-6,8-9,11-14,17-18,26-29,41H,7,10,15-16,19-20H2,1-3H3,(H2,36,42)(H,37,45)(H,38,44)(H,39,43)(H,46,47)/t26-,27-,28-,29+/m0/s1. The number of hydrogen-bond donors (Lipinski definition) is 6. The van der Waals surface area contributed by atoms with Crippen LogP contribution < -0.4 is 21.7 Å². The number of fused-ring (bicyclic) bond motifs is 1. The van der Waals surface area contributed by atoms with E-state index in [0.717, 1.165) is 18.5 Å². The van der Waals surface area contributed by atoms with Crippen molar-refractivity contribution in [2.75, 3.05) is 13.1 Å². The van der Waals surface area contributed by atoms with E-state index < -0.39 is 48.3 Å². The Morgan fingerprint density at radius 3 is 2.19 bits per heavy atom. The zero-order chi connectivity index (χ0) is 34.3. The Morgan fingerprint density at radius 1 is 0.936 bits per heavy atom. The number of rotatable bonds is 13. The minimum atomic E-state index is -1.36. The number of carboxylic acids is 1. The van der Waals surface area contributed by atoms with Crippen LogP contribution in [0.3, 0.4) is 0 Å². The van der Waals surface area contributed by atoms with Crippen molar-refractivity contribution in [3.8, 4) is 0 Å². The third kappa shape index (κ3) is 9.36. The topological polar surface area (TPSA) is 191 Å². The molecule has 1 aliphatic heterocycles. The number of carboxylic acid groups (broad SMARTS) is 1. The van der Waals surface area contributed by atoms with Crippen LogP contribution in [0.5, 0.6) is 0 Å². The molecule has 1 heterocycles. The van der Waals surface area contributed by atoms with Crippen LogP contribution in [0.1, 0.15) is 66.3 Å². The van der Waals surface area contributed by atoms with Gasteiger partial charge in [-0.05, 0) is 87.2 Å². The van der Waals surface area contributed by atoms with Gasteiger partial charge < -0.3 is 31.9 Å². The summed E-state index contributed by atoms with van der Waals surface area (Å²) < 4.78 is 0. The van der Waals surface area contributed by atoms with Gasteiger partial charge in [-0.1, -0.05) is 42.5 Å². The van der Waals surface area contributed by atoms with Gasteiger partial charge in [-0.3, -0.25) is 24.1 Å². The molecule has 0 radical (unpaired) electrons. The normalized spacial score (nSPS) is 17.0. The quantitative estimate of drug-likeness (QED) is 0.163. The lowest BCUT2D eigenvalue weighted by molar-refractivity contribution is -0.128. The van der Waals surface area contributed by atoms with E-state index in [1.807, 2.05) is 30.3 Å². The van der Waals surface area contributed by atoms with Crippen LogP contribution in [0.2, 0.25) is 0 Å². The molecule has 47 heavy (non-hydrogen) atoms. The van der Waals surface area contributed by atoms with E-state index in [1.54, 1.807) is 18.2 Å². The first-order chi connectivity index (χ1) is 22.2. The van der Waals surface area contributed by atoms with E-state index in [1.165, 1.54) is 18.2 Å². The van der Waals surface area contributed by atoms with Gasteiger partial charge in [-0.2, -0.15) is 0 Å². The highest BCUT2D eigenvalue weighted by Gasteiger charge is 2.37. The van der Waals surface area contributed by atoms with Crippen molar-refractivity contribution in [1.82, 2.24) is 20.9 Å². The SMILES string of the molecule is CC(C)(C)N1CCC[C@H]1C(=O)NC[C@@H](O)[C@H](Cc1ccccc1)NC(=O)[C@H](CC(N)=O)NC(=O)c1ccc2cc(C(=O)O)ccc2c1. The summed E-state index contributed by atoms with van der Waals surface area (Å²) in [7, 11) is 0. The van der Waals surface area contributed by atoms with Crippen molar-refractivity contribution in [1.29, 1.82) is 0 Å². The lowest BCUT2D eigenvalue weighted by Crippen LogP contribution is -2.57. The molecule has 0 spiro atoms. The Hall–Kier alpha value is -4.81. The highest BCUT2D eigenvalue weighted by Crippen LogP contribution is 2.26. The van der Waals surface area contributed by atoms with E-state index >= 15 is 0 Å². The molecular formula is C35H43N5O7. The lowest BCUT2D eigenvalue weighted by atomic mass is 9.99. The summed E-state index contributed by atoms with van der Waals surface area (Å²) in [6.07, 6.45) is 0.110. The second-order valence-electron chi connectivity index (χ2n) is 12.9. The maximum Gasteiger partial charge on any atom is 0.335 e. The minimum absolute atomic E-state index is 0.102. The first-order valence-corrected chi connectivity index (χ1v) is 15.7. The number of benzene rings is 3. The Kier molecular flexibility index (Phi) is 11.3. The van der Waals surface area contributed by atoms with Crippen LogP contribution in [0, 0.1) is 0 Å². The molecule has 250 valence electrons. The summed E-state index contributed by atoms with van der Waals surface area (Å²) in [5, 5.41) is 29.9. The molecule has 0 aromatic heterocycles. The molecule has 3 aromatic rings. The number of amides is 4. The van der Waals surface area contributed by atoms with Crippen molar-refractivity contribution in [3.05, 3.63) is 83.4 Å². The Morgan fingerprint density at radius 2 is 1.57 bits per heavy atom. The molecule has 4 amide bonds. The number of nitrogens with zero attached hydrogens (tertiary/aromatic N) is 1. The van der Waals surface area contributed by atoms with Gasteiger partial charge >= 0.3 is 5.97 Å². The molecule has 12 nitrogen and oxygen atoms in total. The number of aromatic carboxylic acids is 1. The predicted octanol–water partition coefficient (Wildman–Crippen LogP) is 1.98. The fraction of sp³-hybridized carbons (Fsp3) is 0.400. The van der Waals surface area contributed by atoms with E-state index in [9.17, 15) is 34.2 Å². The van der Waals surface area contributed by atoms with Gasteiger partial charge in [0.1, 0.15) is 6.04 Å². The van der Waals surface area contributed by atoms with Gasteiger partial charge in [0.2, 0.25) is 17.7 Å². The summed E-state index contributed by atoms with van der Waals surface area (Å²) in [6, 6.07) is 15.7. The van der Waals surface area contributed by atoms with Crippen LogP contribution >= 0.6 is 0 Å². The molecule has 12 heteroatoms. The number of hydrogen-bond acceptors (Lipinski definition) is 7. The molecule has 4 rings (SSSR count). The fourth-order valence-electron chi connectivity index (χ4n) is 5.91. The third-order valence-electron chi connectivity index (χ3n) is 8.37. The third-order valence-corrected chi connectivity index (χ3v) is 8.37. The number of carbonyl (C=O) groups is 5. The summed E-state index contributed by atoms with van der Waals surface area (Å²) in [5.74, 6) is -3.48. The van der Waals surface area contributed by atoms with Crippen LogP contribution in [0.15, 0.2) is 66.7 Å². The first kappa shape index (κ1) is 35.1. The van der Waals surface area contributed by atoms with Gasteiger partial charge in [-0.15, -0.1) is 0 Å². The van der Waals surface area contributed by atoms with Gasteiger partial charge in [-0.25, -0.2) is 4.79 Å². The van der Waals surface area contributed by atoms with Crippen LogP contribution in [-0.2, 0) is 20.8 Å². The number of nitrogens with one attached hydrogen (secondary N) is 3. The van der Waals surface area contributed by atoms with Gasteiger partial charge in [0.25, 0.3) is 5.91 Å². The lowest BCUT2D eigenvalue weighted by Gasteiger charge is -2.36. The average molecular weight is 646 g/mol. The van der Waals surface area contributed by atoms with Crippen molar-refractivity contribution in [2.24, 2.45) is 5.73 Å². The zero-order valence-corrected chi connectivity index (χ0v) is 26.9. The monoisotopic (exact) mass is 645 g/mol. The highest BCUT2D eigenvalue weighted by atomic mass is 16.4. The van der Waals surface area contributed by atoms with Crippen LogP contribution in [-0.4, -0.2) is 87.6 Å². The summed E-state index contributed by atoms with van der Waals surface area (Å²) in [5.41, 5.74) is 6.34. The van der Waals surface area contributed by atoms with Gasteiger partial charge in [0.15, 0.2) is 0 Å². The van der Waals surface area contributed by atoms with Crippen molar-refractivity contribution >= 4 is 40.4 Å². The molecule has 0 unspecified atom stereocenters. The summed E-state index contributed by atoms with van der Waals surface area (Å²) in [4.78, 5) is 65.3. The molecule has 1 aliphatic rings. The molecule has 0 saturated carbocycles. The van der Waals surface area contributed by atoms with E-state index in [0.29, 0.717) is 17.2 Å². The minimum Gasteiger partial charge on any atom is -0.478 e. The Labute approximate surface area is 273 Å². The smallest absolute Gasteiger partial charge is 0.335 e. The highest BCUT2D eigenvalue weighted by molar-refractivity contribution is 6.02. The number of likely N-dealkylation sites (tertiary alicyclic amines) is 1. The molecular weight excluding hydrogens is 602 g/mol. The predicted molar refractivity (Wildman–Crippen MR) is 177 cm³/mol. The maximum absolute atomic E-state index is 13.6. The number of carbonyl (C=O) groups excluding carboxylic acids is 4. The molecule has 3 aromatic carbocycles. The molecule has 0 aliphatic carbocycles. The van der Waals surface area contributed by atoms with E-state index in [4.69, 9.17) is 5.73 Å². The van der Waals surface area contributed by atoms with E-state index in [-0.39, 0.29) is 41.6 Å². The molecule has 1 fully saturated rings. The van der Waals surface area contributed by atoms with E-state index in [2.05, 4.69) is 41.6 Å². The number of nitrogens with two attached hydrogens (primary N) is 1. The number of aliphatic hydroxyl groups is 1. The van der Waals surface area contributed by atoms with Crippen molar-refractivity contribution in [3.63, 3.8) is 0 Å². The molecule has 1 saturated heterocycles. The zero-order valence-electron chi connectivity index (χ0n) is 26.9. The van der Waals surface area contributed by atoms with Crippen molar-refractivity contribution in [2.45, 2.75) is 76.2 Å². The van der Waals surface area contributed by atoms with Crippen LogP contribution in [0.4, 0.5) is 0 Å². The number of aliphatic hydroxyl groups excluding tert-OH is 1. The maximum atomic E-state index is 13.6. The average Bonchev–Trinajstić information content (AvgIpc) is 3.54. The summed E-state index contributed by atoms with van der Waals surface area (Å²) >= 11 is 0. The molecule has 0 bridgehead atoms. The summed E-state index contributed by atoms with van der Waals surface area (Å²) in [6.45, 7) is 6.83. The van der Waals surface area contributed by atoms with Crippen molar-refractivity contribution < 1.29 is 34.2 Å². The molecule has 4 atom stereocenters. The second-order valence-corrected chi connectivity index (χ2v) is 12.9. The molecule has 7 N–H and O–H groups in total. The Balaban J connectivity index is 1.48. The van der Waals surface area contributed by atoms with Gasteiger partial charge in [0, 0.05) is 17.6 Å². The van der Waals surface area contributed by atoms with Crippen LogP contribution in [0.25, 0.3) is 10.8 Å². The first-order valence-electron chi connectivity index (χ1n) is 15.7. The van der Waals surface area contributed by atoms with Gasteiger partial charge in [0.05, 0.1) is 30.2 Å². The number of primary amides is 1. The second kappa shape index (κ2) is 15.2.